The molecule has 2 unspecified atom stereocenters. The molecule has 0 saturated heterocycles. The largest absolute Gasteiger partial charge is 0.493 e. The lowest BCUT2D eigenvalue weighted by Gasteiger charge is -2.12. The highest BCUT2D eigenvalue weighted by molar-refractivity contribution is 7.84. The van der Waals surface area contributed by atoms with Crippen molar-refractivity contribution in [1.82, 2.24) is 0 Å². The van der Waals surface area contributed by atoms with Crippen molar-refractivity contribution in [3.8, 4) is 5.75 Å². The molecule has 1 aliphatic rings. The van der Waals surface area contributed by atoms with Gasteiger partial charge in [0.2, 0.25) is 0 Å². The van der Waals surface area contributed by atoms with Crippen LogP contribution in [0.2, 0.25) is 5.02 Å². The molecule has 2 rings (SSSR count). The molecule has 0 radical (unpaired) electrons. The molecule has 0 aromatic heterocycles. The van der Waals surface area contributed by atoms with Gasteiger partial charge in [0.1, 0.15) is 5.75 Å². The zero-order valence-corrected chi connectivity index (χ0v) is 11.3. The molecule has 1 aliphatic heterocycles. The Kier molecular flexibility index (Phi) is 4.07. The third kappa shape index (κ3) is 2.81. The first-order chi connectivity index (χ1) is 8.11. The van der Waals surface area contributed by atoms with Crippen LogP contribution in [0.5, 0.6) is 5.75 Å². The highest BCUT2D eigenvalue weighted by Crippen LogP contribution is 2.33. The molecule has 3 nitrogen and oxygen atoms in total. The second-order valence-electron chi connectivity index (χ2n) is 4.22. The van der Waals surface area contributed by atoms with E-state index in [9.17, 15) is 4.21 Å². The van der Waals surface area contributed by atoms with Crippen molar-refractivity contribution in [1.29, 1.82) is 0 Å². The molecule has 0 fully saturated rings. The van der Waals surface area contributed by atoms with E-state index in [2.05, 4.69) is 0 Å². The Bertz CT molecular complexity index is 450. The summed E-state index contributed by atoms with van der Waals surface area (Å²) in [5, 5.41) is 0.674. The summed E-state index contributed by atoms with van der Waals surface area (Å²) in [4.78, 5) is 0. The lowest BCUT2D eigenvalue weighted by molar-refractivity contribution is 0.354. The molecule has 0 amide bonds. The van der Waals surface area contributed by atoms with Crippen molar-refractivity contribution in [2.75, 3.05) is 13.2 Å². The van der Waals surface area contributed by atoms with Gasteiger partial charge in [-0.15, -0.1) is 0 Å². The van der Waals surface area contributed by atoms with Gasteiger partial charge in [-0.2, -0.15) is 0 Å². The lowest BCUT2D eigenvalue weighted by atomic mass is 10.1. The number of halogens is 1. The van der Waals surface area contributed by atoms with E-state index in [1.54, 1.807) is 0 Å². The molecule has 5 heteroatoms. The normalized spacial score (nSPS) is 17.4. The average molecular weight is 274 g/mol. The topological polar surface area (TPSA) is 52.3 Å². The van der Waals surface area contributed by atoms with Crippen LogP contribution in [0, 0.1) is 0 Å². The molecule has 2 atom stereocenters. The highest BCUT2D eigenvalue weighted by Gasteiger charge is 2.20. The smallest absolute Gasteiger partial charge is 0.126 e. The Labute approximate surface area is 109 Å². The van der Waals surface area contributed by atoms with Gasteiger partial charge in [-0.25, -0.2) is 0 Å². The highest BCUT2D eigenvalue weighted by atomic mass is 35.5. The predicted octanol–water partition coefficient (Wildman–Crippen LogP) is 1.87. The van der Waals surface area contributed by atoms with Crippen LogP contribution in [0.15, 0.2) is 12.1 Å². The Morgan fingerprint density at radius 1 is 1.59 bits per heavy atom. The molecule has 17 heavy (non-hydrogen) atoms. The van der Waals surface area contributed by atoms with Gasteiger partial charge in [-0.05, 0) is 24.6 Å². The molecule has 0 saturated carbocycles. The Morgan fingerprint density at radius 3 is 3.06 bits per heavy atom. The molecule has 1 aromatic carbocycles. The van der Waals surface area contributed by atoms with Crippen LogP contribution in [-0.4, -0.2) is 22.6 Å². The van der Waals surface area contributed by atoms with Crippen LogP contribution in [-0.2, 0) is 23.0 Å². The van der Waals surface area contributed by atoms with E-state index in [1.165, 1.54) is 0 Å². The molecular formula is C12H16ClNO2S. The lowest BCUT2D eigenvalue weighted by Crippen LogP contribution is -2.22. The summed E-state index contributed by atoms with van der Waals surface area (Å²) < 4.78 is 17.6. The number of fused-ring (bicyclic) bond motifs is 1. The number of hydrogen-bond donors (Lipinski definition) is 1. The SMILES string of the molecule is CC(CN)S(=O)Cc1cc(Cl)cc2c1OCC2. The second kappa shape index (κ2) is 5.38. The van der Waals surface area contributed by atoms with Gasteiger partial charge >= 0.3 is 0 Å². The Hall–Kier alpha value is -0.580. The maximum Gasteiger partial charge on any atom is 0.126 e. The van der Waals surface area contributed by atoms with E-state index in [1.807, 2.05) is 19.1 Å². The van der Waals surface area contributed by atoms with Crippen molar-refractivity contribution >= 4 is 22.4 Å². The summed E-state index contributed by atoms with van der Waals surface area (Å²) >= 11 is 6.05. The Balaban J connectivity index is 2.24. The third-order valence-electron chi connectivity index (χ3n) is 2.90. The predicted molar refractivity (Wildman–Crippen MR) is 71.0 cm³/mol. The molecule has 94 valence electrons. The summed E-state index contributed by atoms with van der Waals surface area (Å²) in [5.41, 5.74) is 7.57. The van der Waals surface area contributed by atoms with Crippen LogP contribution in [0.4, 0.5) is 0 Å². The first kappa shape index (κ1) is 12.9. The van der Waals surface area contributed by atoms with Crippen molar-refractivity contribution < 1.29 is 8.95 Å². The van der Waals surface area contributed by atoms with Crippen LogP contribution in [0.25, 0.3) is 0 Å². The van der Waals surface area contributed by atoms with Gasteiger partial charge in [0.15, 0.2) is 0 Å². The monoisotopic (exact) mass is 273 g/mol. The number of ether oxygens (including phenoxy) is 1. The van der Waals surface area contributed by atoms with E-state index in [-0.39, 0.29) is 5.25 Å². The van der Waals surface area contributed by atoms with Crippen LogP contribution >= 0.6 is 11.6 Å². The molecule has 0 aliphatic carbocycles. The van der Waals surface area contributed by atoms with Gasteiger partial charge in [0.25, 0.3) is 0 Å². The van der Waals surface area contributed by atoms with Crippen LogP contribution < -0.4 is 10.5 Å². The van der Waals surface area contributed by atoms with E-state index >= 15 is 0 Å². The first-order valence-corrected chi connectivity index (χ1v) is 7.39. The zero-order chi connectivity index (χ0) is 12.4. The van der Waals surface area contributed by atoms with Crippen LogP contribution in [0.1, 0.15) is 18.1 Å². The first-order valence-electron chi connectivity index (χ1n) is 5.63. The number of benzene rings is 1. The molecule has 0 spiro atoms. The van der Waals surface area contributed by atoms with Gasteiger partial charge in [-0.1, -0.05) is 11.6 Å². The zero-order valence-electron chi connectivity index (χ0n) is 9.74. The second-order valence-corrected chi connectivity index (χ2v) is 6.51. The minimum Gasteiger partial charge on any atom is -0.493 e. The summed E-state index contributed by atoms with van der Waals surface area (Å²) in [6.07, 6.45) is 0.877. The fraction of sp³-hybridized carbons (Fsp3) is 0.500. The van der Waals surface area contributed by atoms with Crippen molar-refractivity contribution in [2.45, 2.75) is 24.3 Å². The molecule has 0 bridgehead atoms. The van der Waals surface area contributed by atoms with E-state index in [4.69, 9.17) is 22.1 Å². The molecule has 1 heterocycles. The minimum atomic E-state index is -0.980. The number of rotatable bonds is 4. The van der Waals surface area contributed by atoms with Gasteiger partial charge in [0.05, 0.1) is 12.4 Å². The maximum absolute atomic E-state index is 12.0. The molecular weight excluding hydrogens is 258 g/mol. The quantitative estimate of drug-likeness (QED) is 0.911. The van der Waals surface area contributed by atoms with Crippen LogP contribution in [0.3, 0.4) is 0 Å². The fourth-order valence-corrected chi connectivity index (χ4v) is 3.14. The summed E-state index contributed by atoms with van der Waals surface area (Å²) in [6.45, 7) is 3.00. The van der Waals surface area contributed by atoms with E-state index < -0.39 is 10.8 Å². The van der Waals surface area contributed by atoms with E-state index in [0.29, 0.717) is 23.9 Å². The van der Waals surface area contributed by atoms with Crippen molar-refractivity contribution in [3.05, 3.63) is 28.3 Å². The number of hydrogen-bond acceptors (Lipinski definition) is 3. The van der Waals surface area contributed by atoms with Gasteiger partial charge < -0.3 is 10.5 Å². The summed E-state index contributed by atoms with van der Waals surface area (Å²) in [6, 6.07) is 3.76. The number of nitrogens with two attached hydrogens (primary N) is 1. The van der Waals surface area contributed by atoms with E-state index in [0.717, 1.165) is 23.3 Å². The fourth-order valence-electron chi connectivity index (χ4n) is 1.86. The van der Waals surface area contributed by atoms with Gasteiger partial charge in [0, 0.05) is 39.6 Å². The minimum absolute atomic E-state index is 0.00830. The summed E-state index contributed by atoms with van der Waals surface area (Å²) in [7, 11) is -0.980. The summed E-state index contributed by atoms with van der Waals surface area (Å²) in [5.74, 6) is 1.33. The van der Waals surface area contributed by atoms with Gasteiger partial charge in [-0.3, -0.25) is 4.21 Å². The average Bonchev–Trinajstić information content (AvgIpc) is 2.75. The third-order valence-corrected chi connectivity index (χ3v) is 4.81. The Morgan fingerprint density at radius 2 is 2.35 bits per heavy atom. The molecule has 1 aromatic rings. The van der Waals surface area contributed by atoms with Crippen molar-refractivity contribution in [3.63, 3.8) is 0 Å². The molecule has 2 N–H and O–H groups in total. The maximum atomic E-state index is 12.0. The standard InChI is InChI=1S/C12H16ClNO2S/c1-8(6-14)17(15)7-10-5-11(13)4-9-2-3-16-12(9)10/h4-5,8H,2-3,6-7,14H2,1H3. The van der Waals surface area contributed by atoms with Crippen molar-refractivity contribution in [2.24, 2.45) is 5.73 Å².